The van der Waals surface area contributed by atoms with Crippen LogP contribution in [0.2, 0.25) is 0 Å². The van der Waals surface area contributed by atoms with Gasteiger partial charge in [0.05, 0.1) is 25.0 Å². The van der Waals surface area contributed by atoms with E-state index in [2.05, 4.69) is 31.9 Å². The van der Waals surface area contributed by atoms with Gasteiger partial charge in [-0.25, -0.2) is 14.4 Å². The number of ether oxygens (including phenoxy) is 3. The van der Waals surface area contributed by atoms with E-state index < -0.39 is 17.6 Å². The number of fused-ring (bicyclic) bond motifs is 1. The zero-order valence-corrected chi connectivity index (χ0v) is 23.3. The molecule has 210 valence electrons. The van der Waals surface area contributed by atoms with Gasteiger partial charge in [0.2, 0.25) is 0 Å². The van der Waals surface area contributed by atoms with E-state index in [1.54, 1.807) is 38.1 Å². The average molecular weight is 545 g/mol. The van der Waals surface area contributed by atoms with Crippen LogP contribution >= 0.6 is 0 Å². The molecule has 7 heteroatoms. The lowest BCUT2D eigenvalue weighted by Crippen LogP contribution is -2.08. The van der Waals surface area contributed by atoms with E-state index in [4.69, 9.17) is 18.6 Å². The number of aryl methyl sites for hydroxylation is 2. The lowest BCUT2D eigenvalue weighted by molar-refractivity contribution is -0.139. The summed E-state index contributed by atoms with van der Waals surface area (Å²) in [5.41, 5.74) is 3.91. The van der Waals surface area contributed by atoms with Gasteiger partial charge in [-0.3, -0.25) is 0 Å². The van der Waals surface area contributed by atoms with Crippen LogP contribution in [-0.2, 0) is 31.9 Å². The molecule has 40 heavy (non-hydrogen) atoms. The maximum Gasteiger partial charge on any atom is 0.344 e. The summed E-state index contributed by atoms with van der Waals surface area (Å²) in [6, 6.07) is 12.7. The molecule has 0 bridgehead atoms. The van der Waals surface area contributed by atoms with Crippen LogP contribution in [0.25, 0.3) is 22.1 Å². The Bertz CT molecular complexity index is 1440. The fraction of sp³-hybridized carbons (Fsp3) is 0.303. The van der Waals surface area contributed by atoms with Crippen molar-refractivity contribution in [1.82, 2.24) is 0 Å². The number of hydrogen-bond acceptors (Lipinski definition) is 7. The van der Waals surface area contributed by atoms with Crippen LogP contribution in [0.3, 0.4) is 0 Å². The van der Waals surface area contributed by atoms with Crippen molar-refractivity contribution in [1.29, 1.82) is 0 Å². The third-order valence-electron chi connectivity index (χ3n) is 6.21. The predicted octanol–water partition coefficient (Wildman–Crippen LogP) is 6.87. The molecular weight excluding hydrogens is 508 g/mol. The second-order valence-corrected chi connectivity index (χ2v) is 9.68. The fourth-order valence-electron chi connectivity index (χ4n) is 4.11. The van der Waals surface area contributed by atoms with Gasteiger partial charge in [0, 0.05) is 16.5 Å². The number of carbonyl (C=O) groups is 2. The molecule has 1 aromatic heterocycles. The maximum absolute atomic E-state index is 13.1. The topological polar surface area (TPSA) is 92.0 Å². The zero-order valence-electron chi connectivity index (χ0n) is 23.3. The van der Waals surface area contributed by atoms with E-state index in [0.29, 0.717) is 59.7 Å². The fourth-order valence-corrected chi connectivity index (χ4v) is 4.11. The van der Waals surface area contributed by atoms with Crippen LogP contribution in [-0.4, -0.2) is 25.2 Å². The third kappa shape index (κ3) is 8.56. The quantitative estimate of drug-likeness (QED) is 0.0515. The normalized spacial score (nSPS) is 10.7. The van der Waals surface area contributed by atoms with Crippen molar-refractivity contribution in [3.8, 4) is 16.9 Å². The third-order valence-corrected chi connectivity index (χ3v) is 6.21. The first-order valence-corrected chi connectivity index (χ1v) is 13.3. The molecule has 0 aliphatic rings. The van der Waals surface area contributed by atoms with Gasteiger partial charge < -0.3 is 18.6 Å². The molecule has 0 fully saturated rings. The first-order valence-electron chi connectivity index (χ1n) is 13.3. The Balaban J connectivity index is 1.85. The second kappa shape index (κ2) is 14.7. The number of hydrogen-bond donors (Lipinski definition) is 0. The van der Waals surface area contributed by atoms with E-state index in [9.17, 15) is 14.4 Å². The first-order chi connectivity index (χ1) is 19.2. The number of rotatable bonds is 15. The molecule has 0 amide bonds. The summed E-state index contributed by atoms with van der Waals surface area (Å²) in [5.74, 6) is -0.544. The van der Waals surface area contributed by atoms with E-state index >= 15 is 0 Å². The highest BCUT2D eigenvalue weighted by Crippen LogP contribution is 2.28. The molecule has 0 saturated heterocycles. The Labute approximate surface area is 234 Å². The standard InChI is InChI=1S/C33H36O7/c1-6-37-17-9-7-11-24-19-26(12-8-10-18-38-31(34)22(2)3)30-27(20-24)21-29(33(36)40-30)25-13-15-28(16-14-25)39-32(35)23(4)5/h6,13-16,19-21H,1-2,4,7-12,17-18H2,3,5H3. The van der Waals surface area contributed by atoms with Crippen LogP contribution in [0.5, 0.6) is 5.75 Å². The highest BCUT2D eigenvalue weighted by Gasteiger charge is 2.14. The number of unbranched alkanes of at least 4 members (excludes halogenated alkanes) is 2. The lowest BCUT2D eigenvalue weighted by Gasteiger charge is -2.12. The van der Waals surface area contributed by atoms with Crippen molar-refractivity contribution in [2.75, 3.05) is 13.2 Å². The van der Waals surface area contributed by atoms with Crippen LogP contribution in [0.4, 0.5) is 0 Å². The summed E-state index contributed by atoms with van der Waals surface area (Å²) in [5, 5.41) is 0.830. The lowest BCUT2D eigenvalue weighted by atomic mass is 9.97. The largest absolute Gasteiger partial charge is 0.502 e. The van der Waals surface area contributed by atoms with Gasteiger partial charge in [0.25, 0.3) is 0 Å². The molecule has 0 radical (unpaired) electrons. The SMILES string of the molecule is C=COCCCCc1cc(CCCCOC(=O)C(=C)C)c2oc(=O)c(-c3ccc(OC(=O)C(=C)C)cc3)cc2c1. The molecular formula is C33H36O7. The highest BCUT2D eigenvalue weighted by atomic mass is 16.5. The summed E-state index contributed by atoms with van der Waals surface area (Å²) in [6.07, 6.45) is 6.21. The molecule has 0 unspecified atom stereocenters. The van der Waals surface area contributed by atoms with Crippen LogP contribution < -0.4 is 10.4 Å². The summed E-state index contributed by atoms with van der Waals surface area (Å²) in [4.78, 5) is 36.5. The van der Waals surface area contributed by atoms with Gasteiger partial charge in [-0.1, -0.05) is 37.9 Å². The molecule has 0 aliphatic heterocycles. The van der Waals surface area contributed by atoms with E-state index in [-0.39, 0.29) is 0 Å². The molecule has 3 rings (SSSR count). The highest BCUT2D eigenvalue weighted by molar-refractivity contribution is 5.89. The molecule has 7 nitrogen and oxygen atoms in total. The van der Waals surface area contributed by atoms with Crippen molar-refractivity contribution >= 4 is 22.9 Å². The Morgan fingerprint density at radius 3 is 2.23 bits per heavy atom. The van der Waals surface area contributed by atoms with Gasteiger partial charge in [0.15, 0.2) is 0 Å². The Morgan fingerprint density at radius 2 is 1.55 bits per heavy atom. The van der Waals surface area contributed by atoms with Crippen molar-refractivity contribution in [3.05, 3.63) is 101 Å². The smallest absolute Gasteiger partial charge is 0.344 e. The molecule has 2 aromatic carbocycles. The summed E-state index contributed by atoms with van der Waals surface area (Å²) < 4.78 is 21.6. The van der Waals surface area contributed by atoms with Crippen LogP contribution in [0.15, 0.2) is 88.8 Å². The molecule has 0 spiro atoms. The zero-order chi connectivity index (χ0) is 29.1. The maximum atomic E-state index is 13.1. The molecule has 1 heterocycles. The molecule has 3 aromatic rings. The minimum absolute atomic E-state index is 0.298. The Morgan fingerprint density at radius 1 is 0.875 bits per heavy atom. The van der Waals surface area contributed by atoms with Crippen LogP contribution in [0.1, 0.15) is 50.7 Å². The minimum atomic E-state index is -0.511. The summed E-state index contributed by atoms with van der Waals surface area (Å²) in [6.45, 7) is 14.9. The van der Waals surface area contributed by atoms with Gasteiger partial charge in [-0.2, -0.15) is 0 Å². The number of esters is 2. The van der Waals surface area contributed by atoms with Gasteiger partial charge in [-0.05, 0) is 93.3 Å². The second-order valence-electron chi connectivity index (χ2n) is 9.68. The van der Waals surface area contributed by atoms with Crippen LogP contribution in [0, 0.1) is 0 Å². The number of benzene rings is 2. The molecule has 0 aliphatic carbocycles. The monoisotopic (exact) mass is 544 g/mol. The van der Waals surface area contributed by atoms with E-state index in [1.807, 2.05) is 6.07 Å². The first kappa shape index (κ1) is 30.2. The minimum Gasteiger partial charge on any atom is -0.502 e. The van der Waals surface area contributed by atoms with Crippen molar-refractivity contribution < 1.29 is 28.2 Å². The molecule has 0 N–H and O–H groups in total. The Hall–Kier alpha value is -4.39. The molecule has 0 saturated carbocycles. The van der Waals surface area contributed by atoms with Crippen molar-refractivity contribution in [2.24, 2.45) is 0 Å². The average Bonchev–Trinajstić information content (AvgIpc) is 2.92. The number of carbonyl (C=O) groups excluding carboxylic acids is 2. The molecule has 0 atom stereocenters. The summed E-state index contributed by atoms with van der Waals surface area (Å²) >= 11 is 0. The predicted molar refractivity (Wildman–Crippen MR) is 156 cm³/mol. The van der Waals surface area contributed by atoms with E-state index in [1.165, 1.54) is 6.26 Å². The van der Waals surface area contributed by atoms with E-state index in [0.717, 1.165) is 42.2 Å². The van der Waals surface area contributed by atoms with Gasteiger partial charge in [0.1, 0.15) is 11.3 Å². The van der Waals surface area contributed by atoms with Gasteiger partial charge >= 0.3 is 17.6 Å². The van der Waals surface area contributed by atoms with Crippen molar-refractivity contribution in [2.45, 2.75) is 52.4 Å². The van der Waals surface area contributed by atoms with Gasteiger partial charge in [-0.15, -0.1) is 0 Å². The van der Waals surface area contributed by atoms with Crippen molar-refractivity contribution in [3.63, 3.8) is 0 Å². The summed E-state index contributed by atoms with van der Waals surface area (Å²) in [7, 11) is 0. The Kier molecular flexibility index (Phi) is 11.1.